The van der Waals surface area contributed by atoms with E-state index in [2.05, 4.69) is 27.0 Å². The first-order valence-electron chi connectivity index (χ1n) is 11.6. The van der Waals surface area contributed by atoms with Gasteiger partial charge < -0.3 is 26.6 Å². The molecule has 1 aromatic heterocycles. The summed E-state index contributed by atoms with van der Waals surface area (Å²) in [4.78, 5) is 33.1. The third-order valence-electron chi connectivity index (χ3n) is 6.63. The summed E-state index contributed by atoms with van der Waals surface area (Å²) in [5.41, 5.74) is 12.7. The van der Waals surface area contributed by atoms with Gasteiger partial charge in [0.05, 0.1) is 11.6 Å². The second-order valence-electron chi connectivity index (χ2n) is 8.88. The van der Waals surface area contributed by atoms with Gasteiger partial charge in [-0.1, -0.05) is 11.8 Å². The maximum absolute atomic E-state index is 12.7. The molecule has 2 amide bonds. The molecule has 32 heavy (non-hydrogen) atoms. The van der Waals surface area contributed by atoms with Gasteiger partial charge in [0.1, 0.15) is 5.82 Å². The fraction of sp³-hybridized carbons (Fsp3) is 0.625. The number of rotatable bonds is 9. The van der Waals surface area contributed by atoms with E-state index in [0.29, 0.717) is 17.8 Å². The van der Waals surface area contributed by atoms with Crippen LogP contribution in [-0.2, 0) is 9.59 Å². The predicted octanol–water partition coefficient (Wildman–Crippen LogP) is 0.962. The van der Waals surface area contributed by atoms with Gasteiger partial charge >= 0.3 is 0 Å². The van der Waals surface area contributed by atoms with Crippen LogP contribution in [-0.4, -0.2) is 71.4 Å². The first kappa shape index (κ1) is 24.0. The molecule has 1 aromatic rings. The largest absolute Gasteiger partial charge is 0.383 e. The maximum Gasteiger partial charge on any atom is 0.238 e. The van der Waals surface area contributed by atoms with Gasteiger partial charge in [-0.15, -0.1) is 0 Å². The number of anilines is 1. The van der Waals surface area contributed by atoms with Gasteiger partial charge in [-0.05, 0) is 51.8 Å². The van der Waals surface area contributed by atoms with Crippen molar-refractivity contribution in [1.29, 1.82) is 0 Å². The summed E-state index contributed by atoms with van der Waals surface area (Å²) in [5, 5.41) is 3.17. The van der Waals surface area contributed by atoms with E-state index in [1.165, 1.54) is 0 Å². The zero-order valence-corrected chi connectivity index (χ0v) is 19.3. The lowest BCUT2D eigenvalue weighted by Gasteiger charge is -2.21. The van der Waals surface area contributed by atoms with E-state index in [4.69, 9.17) is 11.5 Å². The molecule has 0 aromatic carbocycles. The lowest BCUT2D eigenvalue weighted by molar-refractivity contribution is -0.131. The van der Waals surface area contributed by atoms with Crippen LogP contribution in [0.4, 0.5) is 5.82 Å². The van der Waals surface area contributed by atoms with Crippen molar-refractivity contribution in [2.24, 2.45) is 11.1 Å². The summed E-state index contributed by atoms with van der Waals surface area (Å²) >= 11 is 0. The SMILES string of the molecule is CCN(CC)C(=O)CCCN1C[C@H](NC(=O)[C@@H](N)CC#Cc2cccnc2N)C2(CC2)C1. The number of likely N-dealkylation sites (tertiary alicyclic amines) is 1. The van der Waals surface area contributed by atoms with Crippen LogP contribution in [0.25, 0.3) is 0 Å². The molecule has 0 unspecified atom stereocenters. The number of nitrogen functional groups attached to an aromatic ring is 1. The molecule has 1 spiro atoms. The van der Waals surface area contributed by atoms with Crippen molar-refractivity contribution >= 4 is 17.6 Å². The highest BCUT2D eigenvalue weighted by molar-refractivity contribution is 5.82. The Bertz CT molecular complexity index is 869. The molecule has 2 fully saturated rings. The Morgan fingerprint density at radius 2 is 2.12 bits per heavy atom. The number of nitrogens with two attached hydrogens (primary N) is 2. The topological polar surface area (TPSA) is 118 Å². The normalized spacial score (nSPS) is 19.8. The fourth-order valence-corrected chi connectivity index (χ4v) is 4.45. The van der Waals surface area contributed by atoms with Crippen LogP contribution in [0.15, 0.2) is 18.3 Å². The Labute approximate surface area is 191 Å². The number of carbonyl (C=O) groups is 2. The van der Waals surface area contributed by atoms with Gasteiger partial charge in [-0.2, -0.15) is 0 Å². The van der Waals surface area contributed by atoms with E-state index in [1.54, 1.807) is 18.3 Å². The Balaban J connectivity index is 1.45. The quantitative estimate of drug-likeness (QED) is 0.493. The van der Waals surface area contributed by atoms with Crippen LogP contribution < -0.4 is 16.8 Å². The summed E-state index contributed by atoms with van der Waals surface area (Å²) < 4.78 is 0. The minimum Gasteiger partial charge on any atom is -0.383 e. The lowest BCUT2D eigenvalue weighted by atomic mass is 10.0. The van der Waals surface area contributed by atoms with Crippen molar-refractivity contribution in [3.8, 4) is 11.8 Å². The van der Waals surface area contributed by atoms with Gasteiger partial charge in [0.25, 0.3) is 0 Å². The molecule has 2 atom stereocenters. The Kier molecular flexibility index (Phi) is 8.10. The number of nitrogens with zero attached hydrogens (tertiary/aromatic N) is 3. The second-order valence-corrected chi connectivity index (χ2v) is 8.88. The average Bonchev–Trinajstić information content (AvgIpc) is 3.47. The van der Waals surface area contributed by atoms with Crippen LogP contribution in [0.1, 0.15) is 51.5 Å². The van der Waals surface area contributed by atoms with Crippen molar-refractivity contribution in [2.75, 3.05) is 38.5 Å². The highest BCUT2D eigenvalue weighted by Crippen LogP contribution is 2.52. The van der Waals surface area contributed by atoms with E-state index < -0.39 is 6.04 Å². The summed E-state index contributed by atoms with van der Waals surface area (Å²) in [6.07, 6.45) is 5.55. The molecule has 3 rings (SSSR count). The zero-order chi connectivity index (χ0) is 23.1. The molecule has 0 radical (unpaired) electrons. The van der Waals surface area contributed by atoms with Crippen molar-refractivity contribution in [2.45, 2.75) is 58.0 Å². The molecule has 5 N–H and O–H groups in total. The summed E-state index contributed by atoms with van der Waals surface area (Å²) in [5.74, 6) is 6.33. The molecule has 8 nitrogen and oxygen atoms in total. The molecule has 174 valence electrons. The van der Waals surface area contributed by atoms with Gasteiger partial charge in [0.2, 0.25) is 11.8 Å². The smallest absolute Gasteiger partial charge is 0.238 e. The van der Waals surface area contributed by atoms with Crippen LogP contribution in [0.2, 0.25) is 0 Å². The number of hydrogen-bond acceptors (Lipinski definition) is 6. The molecule has 1 aliphatic carbocycles. The molecule has 1 aliphatic heterocycles. The van der Waals surface area contributed by atoms with Gasteiger partial charge in [0.15, 0.2) is 0 Å². The molecular weight excluding hydrogens is 404 g/mol. The zero-order valence-electron chi connectivity index (χ0n) is 19.3. The molecule has 1 saturated heterocycles. The van der Waals surface area contributed by atoms with E-state index in [0.717, 1.165) is 52.0 Å². The molecule has 2 aliphatic rings. The van der Waals surface area contributed by atoms with Crippen LogP contribution in [0.5, 0.6) is 0 Å². The molecular formula is C24H36N6O2. The number of pyridine rings is 1. The van der Waals surface area contributed by atoms with E-state index in [-0.39, 0.29) is 29.7 Å². The Morgan fingerprint density at radius 3 is 2.78 bits per heavy atom. The molecule has 0 bridgehead atoms. The number of carbonyl (C=O) groups excluding carboxylic acids is 2. The Morgan fingerprint density at radius 1 is 1.38 bits per heavy atom. The number of aromatic nitrogens is 1. The fourth-order valence-electron chi connectivity index (χ4n) is 4.45. The Hall–Kier alpha value is -2.63. The first-order chi connectivity index (χ1) is 15.4. The van der Waals surface area contributed by atoms with E-state index >= 15 is 0 Å². The summed E-state index contributed by atoms with van der Waals surface area (Å²) in [7, 11) is 0. The minimum atomic E-state index is -0.683. The second kappa shape index (κ2) is 10.8. The third-order valence-corrected chi connectivity index (χ3v) is 6.63. The van der Waals surface area contributed by atoms with Crippen LogP contribution in [0.3, 0.4) is 0 Å². The summed E-state index contributed by atoms with van der Waals surface area (Å²) in [6, 6.07) is 2.99. The predicted molar refractivity (Wildman–Crippen MR) is 125 cm³/mol. The van der Waals surface area contributed by atoms with Gasteiger partial charge in [-0.3, -0.25) is 9.59 Å². The van der Waals surface area contributed by atoms with E-state index in [9.17, 15) is 9.59 Å². The van der Waals surface area contributed by atoms with Crippen LogP contribution >= 0.6 is 0 Å². The highest BCUT2D eigenvalue weighted by atomic mass is 16.2. The van der Waals surface area contributed by atoms with Gasteiger partial charge in [0, 0.05) is 56.7 Å². The monoisotopic (exact) mass is 440 g/mol. The van der Waals surface area contributed by atoms with E-state index in [1.807, 2.05) is 18.7 Å². The van der Waals surface area contributed by atoms with Crippen molar-refractivity contribution in [3.63, 3.8) is 0 Å². The molecule has 8 heteroatoms. The van der Waals surface area contributed by atoms with Crippen molar-refractivity contribution < 1.29 is 9.59 Å². The number of hydrogen-bond donors (Lipinski definition) is 3. The molecule has 2 heterocycles. The minimum absolute atomic E-state index is 0.112. The standard InChI is InChI=1S/C24H36N6O2/c1-3-30(4-2)21(31)11-7-15-29-16-20(24(17-29)12-13-24)28-23(32)19(25)10-5-8-18-9-6-14-27-22(18)26/h6,9,14,19-20H,3-4,7,10-13,15-17,25H2,1-2H3,(H2,26,27)(H,28,32)/t19-,20-/m0/s1. The summed E-state index contributed by atoms with van der Waals surface area (Å²) in [6.45, 7) is 8.22. The lowest BCUT2D eigenvalue weighted by Crippen LogP contribution is -2.48. The first-order valence-corrected chi connectivity index (χ1v) is 11.6. The number of amides is 2. The number of nitrogens with one attached hydrogen (secondary N) is 1. The van der Waals surface area contributed by atoms with Crippen LogP contribution in [0, 0.1) is 17.3 Å². The van der Waals surface area contributed by atoms with Gasteiger partial charge in [-0.25, -0.2) is 4.98 Å². The highest BCUT2D eigenvalue weighted by Gasteiger charge is 2.55. The third kappa shape index (κ3) is 5.99. The van der Waals surface area contributed by atoms with Crippen molar-refractivity contribution in [3.05, 3.63) is 23.9 Å². The molecule has 1 saturated carbocycles. The maximum atomic E-state index is 12.7. The average molecular weight is 441 g/mol. The van der Waals surface area contributed by atoms with Crippen molar-refractivity contribution in [1.82, 2.24) is 20.1 Å².